The Morgan fingerprint density at radius 3 is 1.67 bits per heavy atom. The highest BCUT2D eigenvalue weighted by Gasteiger charge is 2.14. The minimum Gasteiger partial charge on any atom is -0.329 e. The molecule has 0 aliphatic heterocycles. The average Bonchev–Trinajstić information content (AvgIpc) is 2.39. The maximum absolute atomic E-state index is 11.6. The number of nitrogens with one attached hydrogen (secondary N) is 2. The third-order valence-corrected chi connectivity index (χ3v) is 3.52. The Hall–Kier alpha value is -0.690. The van der Waals surface area contributed by atoms with Crippen LogP contribution in [0.1, 0.15) is 12.8 Å². The lowest BCUT2D eigenvalue weighted by Gasteiger charge is -2.16. The summed E-state index contributed by atoms with van der Waals surface area (Å²) >= 11 is 3.22. The van der Waals surface area contributed by atoms with Crippen molar-refractivity contribution in [2.45, 2.75) is 24.9 Å². The summed E-state index contributed by atoms with van der Waals surface area (Å²) in [7, 11) is 0. The Balaban J connectivity index is 4.04. The molecule has 2 amide bonds. The van der Waals surface area contributed by atoms with Crippen LogP contribution in [0.15, 0.2) is 0 Å². The molecule has 104 valence electrons. The van der Waals surface area contributed by atoms with Gasteiger partial charge in [0.25, 0.3) is 0 Å². The lowest BCUT2D eigenvalue weighted by Crippen LogP contribution is -2.47. The Morgan fingerprint density at radius 2 is 1.39 bits per heavy atom. The van der Waals surface area contributed by atoms with Crippen molar-refractivity contribution in [2.24, 2.45) is 0 Å². The van der Waals surface area contributed by atoms with Crippen molar-refractivity contribution >= 4 is 42.1 Å². The smallest absolute Gasteiger partial charge is 0.315 e. The van der Waals surface area contributed by atoms with Crippen LogP contribution >= 0.6 is 23.5 Å². The third-order valence-electron chi connectivity index (χ3n) is 2.23. The summed E-state index contributed by atoms with van der Waals surface area (Å²) in [6.45, 7) is 0. The van der Waals surface area contributed by atoms with Crippen LogP contribution in [0.25, 0.3) is 0 Å². The van der Waals surface area contributed by atoms with Crippen molar-refractivity contribution in [3.63, 3.8) is 0 Å². The van der Waals surface area contributed by atoms with Gasteiger partial charge in [0.2, 0.25) is 0 Å². The van der Waals surface area contributed by atoms with Gasteiger partial charge < -0.3 is 20.2 Å². The molecule has 0 saturated heterocycles. The van der Waals surface area contributed by atoms with E-state index in [0.29, 0.717) is 25.4 Å². The fourth-order valence-electron chi connectivity index (χ4n) is 1.22. The molecule has 0 heterocycles. The largest absolute Gasteiger partial charge is 0.329 e. The van der Waals surface area contributed by atoms with Crippen molar-refractivity contribution in [1.82, 2.24) is 10.6 Å². The monoisotopic (exact) mass is 292 g/mol. The number of carbonyl (C=O) groups is 3. The number of aldehydes is 2. The summed E-state index contributed by atoms with van der Waals surface area (Å²) in [6, 6.07) is -1.46. The van der Waals surface area contributed by atoms with E-state index in [1.807, 2.05) is 12.5 Å². The lowest BCUT2D eigenvalue weighted by atomic mass is 10.2. The van der Waals surface area contributed by atoms with Crippen molar-refractivity contribution in [3.05, 3.63) is 0 Å². The molecule has 0 radical (unpaired) electrons. The fourth-order valence-corrected chi connectivity index (χ4v) is 2.20. The number of hydrogen-bond donors (Lipinski definition) is 2. The molecule has 2 N–H and O–H groups in total. The van der Waals surface area contributed by atoms with E-state index >= 15 is 0 Å². The minimum atomic E-state index is -0.495. The van der Waals surface area contributed by atoms with E-state index in [-0.39, 0.29) is 0 Å². The van der Waals surface area contributed by atoms with Gasteiger partial charge in [0.15, 0.2) is 0 Å². The van der Waals surface area contributed by atoms with Gasteiger partial charge in [-0.3, -0.25) is 0 Å². The molecule has 0 aromatic rings. The fraction of sp³-hybridized carbons (Fsp3) is 0.727. The number of hydrogen-bond acceptors (Lipinski definition) is 5. The van der Waals surface area contributed by atoms with Crippen molar-refractivity contribution in [2.75, 3.05) is 24.0 Å². The van der Waals surface area contributed by atoms with Gasteiger partial charge >= 0.3 is 6.03 Å². The van der Waals surface area contributed by atoms with Crippen LogP contribution in [0.5, 0.6) is 0 Å². The molecule has 0 bridgehead atoms. The Labute approximate surface area is 116 Å². The normalized spacial score (nSPS) is 13.4. The molecule has 7 heteroatoms. The highest BCUT2D eigenvalue weighted by atomic mass is 32.2. The van der Waals surface area contributed by atoms with Crippen LogP contribution in [-0.2, 0) is 9.59 Å². The van der Waals surface area contributed by atoms with E-state index in [9.17, 15) is 14.4 Å². The Morgan fingerprint density at radius 1 is 1.00 bits per heavy atom. The summed E-state index contributed by atoms with van der Waals surface area (Å²) in [5.74, 6) is 1.60. The third kappa shape index (κ3) is 8.41. The van der Waals surface area contributed by atoms with Crippen LogP contribution in [0, 0.1) is 0 Å². The molecule has 0 fully saturated rings. The van der Waals surface area contributed by atoms with Gasteiger partial charge in [-0.2, -0.15) is 23.5 Å². The second kappa shape index (κ2) is 11.4. The van der Waals surface area contributed by atoms with Gasteiger partial charge in [-0.25, -0.2) is 4.79 Å². The van der Waals surface area contributed by atoms with Crippen molar-refractivity contribution < 1.29 is 14.4 Å². The van der Waals surface area contributed by atoms with E-state index in [1.54, 1.807) is 23.5 Å². The van der Waals surface area contributed by atoms with Crippen LogP contribution in [0.3, 0.4) is 0 Å². The van der Waals surface area contributed by atoms with Crippen LogP contribution in [0.4, 0.5) is 4.79 Å². The lowest BCUT2D eigenvalue weighted by molar-refractivity contribution is -0.109. The minimum absolute atomic E-state index is 0.466. The van der Waals surface area contributed by atoms with Gasteiger partial charge in [0, 0.05) is 0 Å². The molecule has 0 aromatic carbocycles. The summed E-state index contributed by atoms with van der Waals surface area (Å²) in [6.07, 6.45) is 6.49. The first kappa shape index (κ1) is 17.3. The van der Waals surface area contributed by atoms with E-state index in [1.165, 1.54) is 0 Å². The number of carbonyl (C=O) groups excluding carboxylic acids is 3. The summed E-state index contributed by atoms with van der Waals surface area (Å²) < 4.78 is 0. The maximum Gasteiger partial charge on any atom is 0.315 e. The van der Waals surface area contributed by atoms with E-state index in [4.69, 9.17) is 0 Å². The first-order valence-corrected chi connectivity index (χ1v) is 8.42. The van der Waals surface area contributed by atoms with Crippen LogP contribution in [0.2, 0.25) is 0 Å². The number of amides is 2. The quantitative estimate of drug-likeness (QED) is 0.586. The van der Waals surface area contributed by atoms with Gasteiger partial charge in [-0.15, -0.1) is 0 Å². The standard InChI is InChI=1S/C11H20N2O3S2/c1-17-5-3-9(7-14)12-11(16)13-10(8-15)4-6-18-2/h7-10H,3-6H2,1-2H3,(H2,12,13,16)/t9-,10-/m0/s1. The molecular weight excluding hydrogens is 272 g/mol. The SMILES string of the molecule is CSCC[C@@H](C=O)NC(=O)N[C@H](C=O)CCSC. The number of thioether (sulfide) groups is 2. The predicted octanol–water partition coefficient (Wildman–Crippen LogP) is 0.927. The van der Waals surface area contributed by atoms with Gasteiger partial charge in [0.1, 0.15) is 12.6 Å². The van der Waals surface area contributed by atoms with E-state index < -0.39 is 18.1 Å². The summed E-state index contributed by atoms with van der Waals surface area (Å²) in [5, 5.41) is 5.09. The van der Waals surface area contributed by atoms with Crippen molar-refractivity contribution in [1.29, 1.82) is 0 Å². The van der Waals surface area contributed by atoms with Crippen molar-refractivity contribution in [3.8, 4) is 0 Å². The topological polar surface area (TPSA) is 75.3 Å². The second-order valence-electron chi connectivity index (χ2n) is 3.67. The molecule has 18 heavy (non-hydrogen) atoms. The van der Waals surface area contributed by atoms with E-state index in [0.717, 1.165) is 11.5 Å². The highest BCUT2D eigenvalue weighted by molar-refractivity contribution is 7.98. The van der Waals surface area contributed by atoms with Crippen LogP contribution in [-0.4, -0.2) is 54.7 Å². The first-order valence-electron chi connectivity index (χ1n) is 5.63. The second-order valence-corrected chi connectivity index (χ2v) is 5.64. The zero-order valence-corrected chi connectivity index (χ0v) is 12.3. The maximum atomic E-state index is 11.6. The molecule has 0 rings (SSSR count). The molecule has 0 aliphatic carbocycles. The predicted molar refractivity (Wildman–Crippen MR) is 77.4 cm³/mol. The van der Waals surface area contributed by atoms with E-state index in [2.05, 4.69) is 10.6 Å². The zero-order valence-electron chi connectivity index (χ0n) is 10.7. The molecule has 0 unspecified atom stereocenters. The van der Waals surface area contributed by atoms with Crippen LogP contribution < -0.4 is 10.6 Å². The molecule has 5 nitrogen and oxygen atoms in total. The Kier molecular flexibility index (Phi) is 11.0. The molecular formula is C11H20N2O3S2. The van der Waals surface area contributed by atoms with Gasteiger partial charge in [0.05, 0.1) is 12.1 Å². The van der Waals surface area contributed by atoms with Gasteiger partial charge in [-0.05, 0) is 36.9 Å². The number of rotatable bonds is 10. The first-order chi connectivity index (χ1) is 8.67. The molecule has 0 aliphatic rings. The zero-order chi connectivity index (χ0) is 13.8. The molecule has 0 saturated carbocycles. The molecule has 0 spiro atoms. The van der Waals surface area contributed by atoms with Gasteiger partial charge in [-0.1, -0.05) is 0 Å². The summed E-state index contributed by atoms with van der Waals surface area (Å²) in [5.41, 5.74) is 0. The number of urea groups is 1. The highest BCUT2D eigenvalue weighted by Crippen LogP contribution is 2.00. The average molecular weight is 292 g/mol. The Bertz CT molecular complexity index is 241. The molecule has 2 atom stereocenters. The summed E-state index contributed by atoms with van der Waals surface area (Å²) in [4.78, 5) is 33.1. The molecule has 0 aromatic heterocycles.